The third-order valence-electron chi connectivity index (χ3n) is 7.71. The number of aliphatic hydroxyl groups is 1. The summed E-state index contributed by atoms with van der Waals surface area (Å²) < 4.78 is 2.28. The third kappa shape index (κ3) is 3.50. The smallest absolute Gasteiger partial charge is 0.407 e. The Morgan fingerprint density at radius 3 is 2.65 bits per heavy atom. The van der Waals surface area contributed by atoms with Crippen LogP contribution in [0.4, 0.5) is 10.5 Å². The molecule has 1 aromatic heterocycles. The standard InChI is InChI=1S/C26H34N4O4/c1-17(2)18-8-7-11-21-23(18)26(15-28(16-26)25(33)34)24(32)30(21)14-22-27-19-9-3-4-10-20(19)29(22)12-5-6-13-31/h7-8,11,17,31H,3-6,9-10,12-16H2,1-2H3,(H,33,34). The molecule has 8 heteroatoms. The van der Waals surface area contributed by atoms with Gasteiger partial charge in [-0.3, -0.25) is 4.79 Å². The van der Waals surface area contributed by atoms with Crippen molar-refractivity contribution in [2.75, 3.05) is 24.6 Å². The monoisotopic (exact) mass is 466 g/mol. The molecule has 0 bridgehead atoms. The van der Waals surface area contributed by atoms with Crippen LogP contribution in [0.25, 0.3) is 0 Å². The van der Waals surface area contributed by atoms with Gasteiger partial charge in [-0.1, -0.05) is 26.0 Å². The normalized spacial score (nSPS) is 18.4. The van der Waals surface area contributed by atoms with Crippen LogP contribution in [0.1, 0.15) is 73.8 Å². The number of unbranched alkanes of at least 4 members (excludes halogenated alkanes) is 1. The van der Waals surface area contributed by atoms with E-state index in [0.717, 1.165) is 73.4 Å². The molecule has 5 rings (SSSR count). The van der Waals surface area contributed by atoms with Crippen molar-refractivity contribution < 1.29 is 19.8 Å². The Morgan fingerprint density at radius 2 is 1.94 bits per heavy atom. The molecule has 2 amide bonds. The number of fused-ring (bicyclic) bond motifs is 3. The summed E-state index contributed by atoms with van der Waals surface area (Å²) in [5.41, 5.74) is 4.62. The van der Waals surface area contributed by atoms with Crippen LogP contribution in [-0.2, 0) is 36.1 Å². The minimum absolute atomic E-state index is 0.0176. The fourth-order valence-electron chi connectivity index (χ4n) is 6.02. The van der Waals surface area contributed by atoms with Crippen molar-refractivity contribution in [3.8, 4) is 0 Å². The molecule has 182 valence electrons. The predicted molar refractivity (Wildman–Crippen MR) is 128 cm³/mol. The van der Waals surface area contributed by atoms with Gasteiger partial charge in [0.25, 0.3) is 0 Å². The topological polar surface area (TPSA) is 98.9 Å². The summed E-state index contributed by atoms with van der Waals surface area (Å²) >= 11 is 0. The van der Waals surface area contributed by atoms with Gasteiger partial charge in [-0.25, -0.2) is 9.78 Å². The Kier molecular flexibility index (Phi) is 5.88. The minimum Gasteiger partial charge on any atom is -0.465 e. The van der Waals surface area contributed by atoms with Crippen molar-refractivity contribution in [3.05, 3.63) is 46.5 Å². The molecular weight excluding hydrogens is 432 g/mol. The van der Waals surface area contributed by atoms with Crippen LogP contribution < -0.4 is 4.90 Å². The second-order valence-corrected chi connectivity index (χ2v) is 10.2. The first-order valence-electron chi connectivity index (χ1n) is 12.5. The van der Waals surface area contributed by atoms with Crippen LogP contribution in [0, 0.1) is 0 Å². The second kappa shape index (κ2) is 8.73. The Hall–Kier alpha value is -2.87. The lowest BCUT2D eigenvalue weighted by molar-refractivity contribution is -0.128. The summed E-state index contributed by atoms with van der Waals surface area (Å²) in [5.74, 6) is 1.10. The van der Waals surface area contributed by atoms with Crippen molar-refractivity contribution in [2.45, 2.75) is 76.8 Å². The van der Waals surface area contributed by atoms with Gasteiger partial charge in [0.2, 0.25) is 5.91 Å². The molecular formula is C26H34N4O4. The summed E-state index contributed by atoms with van der Waals surface area (Å²) in [7, 11) is 0. The third-order valence-corrected chi connectivity index (χ3v) is 7.71. The molecule has 1 aromatic carbocycles. The van der Waals surface area contributed by atoms with E-state index in [2.05, 4.69) is 24.5 Å². The molecule has 1 spiro atoms. The average Bonchev–Trinajstić information content (AvgIpc) is 3.25. The van der Waals surface area contributed by atoms with Crippen molar-refractivity contribution in [1.82, 2.24) is 14.5 Å². The highest BCUT2D eigenvalue weighted by molar-refractivity contribution is 6.10. The van der Waals surface area contributed by atoms with Crippen LogP contribution in [0.15, 0.2) is 18.2 Å². The number of hydrogen-bond acceptors (Lipinski definition) is 4. The van der Waals surface area contributed by atoms with Crippen molar-refractivity contribution in [2.24, 2.45) is 0 Å². The zero-order chi connectivity index (χ0) is 24.0. The van der Waals surface area contributed by atoms with Crippen LogP contribution in [-0.4, -0.2) is 56.4 Å². The summed E-state index contributed by atoms with van der Waals surface area (Å²) in [6.45, 7) is 5.99. The van der Waals surface area contributed by atoms with E-state index in [1.54, 1.807) is 0 Å². The van der Waals surface area contributed by atoms with Crippen LogP contribution >= 0.6 is 0 Å². The van der Waals surface area contributed by atoms with Crippen molar-refractivity contribution in [1.29, 1.82) is 0 Å². The number of nitrogens with zero attached hydrogens (tertiary/aromatic N) is 4. The molecule has 8 nitrogen and oxygen atoms in total. The molecule has 1 saturated heterocycles. The highest BCUT2D eigenvalue weighted by atomic mass is 16.4. The van der Waals surface area contributed by atoms with E-state index >= 15 is 0 Å². The van der Waals surface area contributed by atoms with Gasteiger partial charge in [0.15, 0.2) is 0 Å². The molecule has 2 N–H and O–H groups in total. The van der Waals surface area contributed by atoms with Gasteiger partial charge in [0.05, 0.1) is 12.2 Å². The van der Waals surface area contributed by atoms with Gasteiger partial charge in [0.1, 0.15) is 11.2 Å². The zero-order valence-corrected chi connectivity index (χ0v) is 20.1. The molecule has 0 saturated carbocycles. The van der Waals surface area contributed by atoms with E-state index in [0.29, 0.717) is 6.54 Å². The number of carbonyl (C=O) groups excluding carboxylic acids is 1. The molecule has 0 atom stereocenters. The quantitative estimate of drug-likeness (QED) is 0.609. The van der Waals surface area contributed by atoms with E-state index in [1.165, 1.54) is 10.6 Å². The van der Waals surface area contributed by atoms with E-state index in [-0.39, 0.29) is 31.5 Å². The number of amides is 2. The Morgan fingerprint density at radius 1 is 1.18 bits per heavy atom. The summed E-state index contributed by atoms with van der Waals surface area (Å²) in [5, 5.41) is 18.8. The molecule has 1 aliphatic carbocycles. The minimum atomic E-state index is -0.979. The van der Waals surface area contributed by atoms with Gasteiger partial charge in [-0.05, 0) is 61.6 Å². The molecule has 3 aliphatic rings. The number of aliphatic hydroxyl groups excluding tert-OH is 1. The average molecular weight is 467 g/mol. The number of carboxylic acid groups (broad SMARTS) is 1. The molecule has 1 fully saturated rings. The van der Waals surface area contributed by atoms with Gasteiger partial charge in [0, 0.05) is 37.6 Å². The lowest BCUT2D eigenvalue weighted by Gasteiger charge is -2.46. The van der Waals surface area contributed by atoms with Gasteiger partial charge in [-0.15, -0.1) is 0 Å². The van der Waals surface area contributed by atoms with E-state index in [4.69, 9.17) is 4.98 Å². The molecule has 0 radical (unpaired) electrons. The lowest BCUT2D eigenvalue weighted by atomic mass is 9.71. The number of hydrogen-bond donors (Lipinski definition) is 2. The molecule has 34 heavy (non-hydrogen) atoms. The first-order chi connectivity index (χ1) is 16.4. The molecule has 2 aliphatic heterocycles. The number of rotatable bonds is 7. The van der Waals surface area contributed by atoms with Crippen LogP contribution in [0.3, 0.4) is 0 Å². The van der Waals surface area contributed by atoms with Gasteiger partial charge in [-0.2, -0.15) is 0 Å². The first-order valence-corrected chi connectivity index (χ1v) is 12.5. The maximum atomic E-state index is 14.0. The van der Waals surface area contributed by atoms with Gasteiger partial charge >= 0.3 is 6.09 Å². The number of benzene rings is 1. The van der Waals surface area contributed by atoms with Crippen molar-refractivity contribution >= 4 is 17.7 Å². The highest BCUT2D eigenvalue weighted by Crippen LogP contribution is 2.50. The van der Waals surface area contributed by atoms with Crippen LogP contribution in [0.2, 0.25) is 0 Å². The number of imidazole rings is 1. The number of aromatic nitrogens is 2. The number of carbonyl (C=O) groups is 2. The SMILES string of the molecule is CC(C)c1cccc2c1C1(CN(C(=O)O)C1)C(=O)N2Cc1nc2c(n1CCCCO)CCCC2. The molecule has 2 aromatic rings. The molecule has 0 unspecified atom stereocenters. The largest absolute Gasteiger partial charge is 0.465 e. The lowest BCUT2D eigenvalue weighted by Crippen LogP contribution is -2.65. The Balaban J connectivity index is 1.54. The van der Waals surface area contributed by atoms with Crippen molar-refractivity contribution in [3.63, 3.8) is 0 Å². The fourth-order valence-corrected chi connectivity index (χ4v) is 6.02. The summed E-state index contributed by atoms with van der Waals surface area (Å²) in [6, 6.07) is 6.07. The maximum Gasteiger partial charge on any atom is 0.407 e. The summed E-state index contributed by atoms with van der Waals surface area (Å²) in [4.78, 5) is 33.7. The van der Waals surface area contributed by atoms with Crippen LogP contribution in [0.5, 0.6) is 0 Å². The highest BCUT2D eigenvalue weighted by Gasteiger charge is 2.60. The number of likely N-dealkylation sites (tertiary alicyclic amines) is 1. The van der Waals surface area contributed by atoms with E-state index in [9.17, 15) is 19.8 Å². The molecule has 3 heterocycles. The Bertz CT molecular complexity index is 1120. The number of aryl methyl sites for hydroxylation is 1. The predicted octanol–water partition coefficient (Wildman–Crippen LogP) is 3.44. The van der Waals surface area contributed by atoms with E-state index < -0.39 is 11.5 Å². The summed E-state index contributed by atoms with van der Waals surface area (Å²) in [6.07, 6.45) is 4.88. The fraction of sp³-hybridized carbons (Fsp3) is 0.577. The number of anilines is 1. The Labute approximate surface area is 200 Å². The zero-order valence-electron chi connectivity index (χ0n) is 20.1. The van der Waals surface area contributed by atoms with E-state index in [1.807, 2.05) is 17.0 Å². The second-order valence-electron chi connectivity index (χ2n) is 10.2. The maximum absolute atomic E-state index is 14.0. The first kappa shape index (κ1) is 22.9. The van der Waals surface area contributed by atoms with Gasteiger partial charge < -0.3 is 24.6 Å².